The molecule has 110 valence electrons. The first-order chi connectivity index (χ1) is 10.2. The van der Waals surface area contributed by atoms with E-state index in [1.54, 1.807) is 16.2 Å². The van der Waals surface area contributed by atoms with Gasteiger partial charge in [-0.05, 0) is 23.9 Å². The van der Waals surface area contributed by atoms with E-state index in [1.807, 2.05) is 37.4 Å². The van der Waals surface area contributed by atoms with Crippen molar-refractivity contribution in [2.24, 2.45) is 0 Å². The molecule has 2 heterocycles. The maximum absolute atomic E-state index is 12.2. The molecule has 0 aliphatic carbocycles. The van der Waals surface area contributed by atoms with Crippen molar-refractivity contribution in [2.75, 3.05) is 20.2 Å². The highest BCUT2D eigenvalue weighted by Gasteiger charge is 2.25. The summed E-state index contributed by atoms with van der Waals surface area (Å²) >= 11 is 1.72. The van der Waals surface area contributed by atoms with Gasteiger partial charge in [-0.1, -0.05) is 24.3 Å². The predicted molar refractivity (Wildman–Crippen MR) is 83.9 cm³/mol. The Hall–Kier alpha value is -2.01. The van der Waals surface area contributed by atoms with Crippen LogP contribution in [0, 0.1) is 0 Å². The van der Waals surface area contributed by atoms with Crippen molar-refractivity contribution in [1.82, 2.24) is 10.2 Å². The molecule has 1 N–H and O–H groups in total. The van der Waals surface area contributed by atoms with Gasteiger partial charge in [0, 0.05) is 24.0 Å². The summed E-state index contributed by atoms with van der Waals surface area (Å²) in [6, 6.07) is 11.9. The van der Waals surface area contributed by atoms with Crippen LogP contribution in [0.3, 0.4) is 0 Å². The first-order valence-corrected chi connectivity index (χ1v) is 7.88. The summed E-state index contributed by atoms with van der Waals surface area (Å²) in [4.78, 5) is 15.2. The Labute approximate surface area is 128 Å². The zero-order valence-corrected chi connectivity index (χ0v) is 12.7. The second-order valence-corrected chi connectivity index (χ2v) is 6.13. The monoisotopic (exact) mass is 302 g/mol. The Morgan fingerprint density at radius 2 is 2.24 bits per heavy atom. The molecule has 5 heteroatoms. The minimum atomic E-state index is -0.0585. The molecule has 0 bridgehead atoms. The predicted octanol–water partition coefficient (Wildman–Crippen LogP) is 3.07. The summed E-state index contributed by atoms with van der Waals surface area (Å²) < 4.78 is 5.58. The Bertz CT molecular complexity index is 612. The lowest BCUT2D eigenvalue weighted by molar-refractivity contribution is 0.201. The molecule has 1 aliphatic rings. The number of hydrogen-bond acceptors (Lipinski definition) is 3. The van der Waals surface area contributed by atoms with Crippen LogP contribution in [0.25, 0.3) is 0 Å². The summed E-state index contributed by atoms with van der Waals surface area (Å²) in [5.74, 6) is 0.865. The SMILES string of the molecule is CN(CCc1cccs1)C(=O)N[C@@H]1COc2ccccc21. The van der Waals surface area contributed by atoms with E-state index in [4.69, 9.17) is 4.74 Å². The number of fused-ring (bicyclic) bond motifs is 1. The van der Waals surface area contributed by atoms with Crippen LogP contribution in [0.5, 0.6) is 5.75 Å². The van der Waals surface area contributed by atoms with Gasteiger partial charge in [0.05, 0.1) is 6.04 Å². The average Bonchev–Trinajstić information content (AvgIpc) is 3.15. The molecule has 4 nitrogen and oxygen atoms in total. The van der Waals surface area contributed by atoms with Crippen molar-refractivity contribution < 1.29 is 9.53 Å². The van der Waals surface area contributed by atoms with Gasteiger partial charge in [-0.15, -0.1) is 11.3 Å². The van der Waals surface area contributed by atoms with Gasteiger partial charge < -0.3 is 15.0 Å². The van der Waals surface area contributed by atoms with Crippen molar-refractivity contribution in [1.29, 1.82) is 0 Å². The second-order valence-electron chi connectivity index (χ2n) is 5.10. The van der Waals surface area contributed by atoms with Crippen LogP contribution in [0.1, 0.15) is 16.5 Å². The molecule has 2 amide bonds. The minimum Gasteiger partial charge on any atom is -0.491 e. The Morgan fingerprint density at radius 1 is 1.38 bits per heavy atom. The molecule has 1 aromatic carbocycles. The zero-order valence-electron chi connectivity index (χ0n) is 11.9. The number of likely N-dealkylation sites (N-methyl/N-ethyl adjacent to an activating group) is 1. The van der Waals surface area contributed by atoms with Gasteiger partial charge in [-0.3, -0.25) is 0 Å². The van der Waals surface area contributed by atoms with Crippen molar-refractivity contribution >= 4 is 17.4 Å². The molecule has 0 fully saturated rings. The number of para-hydroxylation sites is 1. The molecule has 0 radical (unpaired) electrons. The van der Waals surface area contributed by atoms with E-state index in [1.165, 1.54) is 4.88 Å². The number of urea groups is 1. The number of carbonyl (C=O) groups excluding carboxylic acids is 1. The highest BCUT2D eigenvalue weighted by atomic mass is 32.1. The fourth-order valence-electron chi connectivity index (χ4n) is 2.38. The number of thiophene rings is 1. The van der Waals surface area contributed by atoms with Gasteiger partial charge in [-0.25, -0.2) is 4.79 Å². The Morgan fingerprint density at radius 3 is 3.05 bits per heavy atom. The summed E-state index contributed by atoms with van der Waals surface area (Å²) in [5.41, 5.74) is 1.05. The van der Waals surface area contributed by atoms with Crippen molar-refractivity contribution in [2.45, 2.75) is 12.5 Å². The molecule has 1 aliphatic heterocycles. The first kappa shape index (κ1) is 13.9. The van der Waals surface area contributed by atoms with E-state index in [9.17, 15) is 4.79 Å². The van der Waals surface area contributed by atoms with E-state index >= 15 is 0 Å². The number of hydrogen-bond donors (Lipinski definition) is 1. The molecule has 2 aromatic rings. The van der Waals surface area contributed by atoms with Crippen molar-refractivity contribution in [3.63, 3.8) is 0 Å². The van der Waals surface area contributed by atoms with E-state index in [0.29, 0.717) is 13.2 Å². The van der Waals surface area contributed by atoms with Crippen LogP contribution in [0.4, 0.5) is 4.79 Å². The lowest BCUT2D eigenvalue weighted by Gasteiger charge is -2.20. The summed E-state index contributed by atoms with van der Waals surface area (Å²) in [6.07, 6.45) is 0.888. The summed E-state index contributed by atoms with van der Waals surface area (Å²) in [5, 5.41) is 5.09. The van der Waals surface area contributed by atoms with E-state index in [2.05, 4.69) is 16.8 Å². The zero-order chi connectivity index (χ0) is 14.7. The van der Waals surface area contributed by atoms with Gasteiger partial charge in [-0.2, -0.15) is 0 Å². The number of amides is 2. The number of carbonyl (C=O) groups is 1. The Kier molecular flexibility index (Phi) is 4.10. The fraction of sp³-hybridized carbons (Fsp3) is 0.312. The van der Waals surface area contributed by atoms with E-state index in [-0.39, 0.29) is 12.1 Å². The third-order valence-electron chi connectivity index (χ3n) is 3.62. The number of ether oxygens (including phenoxy) is 1. The minimum absolute atomic E-state index is 0.0575. The maximum Gasteiger partial charge on any atom is 0.317 e. The van der Waals surface area contributed by atoms with Crippen LogP contribution < -0.4 is 10.1 Å². The highest BCUT2D eigenvalue weighted by Crippen LogP contribution is 2.31. The number of nitrogens with one attached hydrogen (secondary N) is 1. The number of rotatable bonds is 4. The van der Waals surface area contributed by atoms with Crippen molar-refractivity contribution in [3.8, 4) is 5.75 Å². The molecule has 0 saturated carbocycles. The first-order valence-electron chi connectivity index (χ1n) is 7.00. The molecule has 0 spiro atoms. The van der Waals surface area contributed by atoms with Gasteiger partial charge >= 0.3 is 6.03 Å². The third-order valence-corrected chi connectivity index (χ3v) is 4.55. The number of nitrogens with zero attached hydrogens (tertiary/aromatic N) is 1. The lowest BCUT2D eigenvalue weighted by Crippen LogP contribution is -2.40. The molecule has 21 heavy (non-hydrogen) atoms. The topological polar surface area (TPSA) is 41.6 Å². The molecular formula is C16H18N2O2S. The quantitative estimate of drug-likeness (QED) is 0.943. The molecule has 1 atom stereocenters. The lowest BCUT2D eigenvalue weighted by atomic mass is 10.1. The third kappa shape index (κ3) is 3.19. The van der Waals surface area contributed by atoms with Gasteiger partial charge in [0.1, 0.15) is 12.4 Å². The van der Waals surface area contributed by atoms with Gasteiger partial charge in [0.2, 0.25) is 0 Å². The summed E-state index contributed by atoms with van der Waals surface area (Å²) in [6.45, 7) is 1.21. The normalized spacial score (nSPS) is 16.1. The van der Waals surface area contributed by atoms with Crippen molar-refractivity contribution in [3.05, 3.63) is 52.2 Å². The Balaban J connectivity index is 1.54. The molecule has 1 aromatic heterocycles. The van der Waals surface area contributed by atoms with Crippen LogP contribution in [0.15, 0.2) is 41.8 Å². The van der Waals surface area contributed by atoms with Crippen LogP contribution in [-0.2, 0) is 6.42 Å². The van der Waals surface area contributed by atoms with E-state index < -0.39 is 0 Å². The summed E-state index contributed by atoms with van der Waals surface area (Å²) in [7, 11) is 1.82. The molecule has 0 saturated heterocycles. The smallest absolute Gasteiger partial charge is 0.317 e. The van der Waals surface area contributed by atoms with Gasteiger partial charge in [0.15, 0.2) is 0 Å². The molecular weight excluding hydrogens is 284 g/mol. The van der Waals surface area contributed by atoms with Crippen LogP contribution in [-0.4, -0.2) is 31.1 Å². The average molecular weight is 302 g/mol. The molecule has 3 rings (SSSR count). The van der Waals surface area contributed by atoms with Crippen LogP contribution in [0.2, 0.25) is 0 Å². The highest BCUT2D eigenvalue weighted by molar-refractivity contribution is 7.09. The van der Waals surface area contributed by atoms with Gasteiger partial charge in [0.25, 0.3) is 0 Å². The van der Waals surface area contributed by atoms with E-state index in [0.717, 1.165) is 17.7 Å². The fourth-order valence-corrected chi connectivity index (χ4v) is 3.07. The largest absolute Gasteiger partial charge is 0.491 e. The molecule has 0 unspecified atom stereocenters. The standard InChI is InChI=1S/C16H18N2O2S/c1-18(9-8-12-5-4-10-21-12)16(19)17-14-11-20-15-7-3-2-6-13(14)15/h2-7,10,14H,8-9,11H2,1H3,(H,17,19)/t14-/m1/s1. The van der Waals surface area contributed by atoms with Crippen LogP contribution >= 0.6 is 11.3 Å². The number of benzene rings is 1. The second kappa shape index (κ2) is 6.18. The maximum atomic E-state index is 12.2.